The van der Waals surface area contributed by atoms with Crippen molar-refractivity contribution in [2.45, 2.75) is 5.16 Å². The molecule has 0 bridgehead atoms. The van der Waals surface area contributed by atoms with E-state index in [0.29, 0.717) is 5.52 Å². The van der Waals surface area contributed by atoms with Gasteiger partial charge in [0.15, 0.2) is 5.16 Å². The van der Waals surface area contributed by atoms with E-state index in [9.17, 15) is 14.0 Å². The number of amides is 1. The molecule has 0 saturated carbocycles. The predicted molar refractivity (Wildman–Crippen MR) is 130 cm³/mol. The molecule has 1 amide bonds. The molecule has 0 spiro atoms. The van der Waals surface area contributed by atoms with Crippen LogP contribution in [0.3, 0.4) is 0 Å². The van der Waals surface area contributed by atoms with Gasteiger partial charge in [-0.3, -0.25) is 14.2 Å². The van der Waals surface area contributed by atoms with Crippen molar-refractivity contribution in [3.05, 3.63) is 95.0 Å². The summed E-state index contributed by atoms with van der Waals surface area (Å²) in [6.07, 6.45) is 0. The number of hydrogen-bond donors (Lipinski definition) is 1. The van der Waals surface area contributed by atoms with E-state index in [-0.39, 0.29) is 28.0 Å². The lowest BCUT2D eigenvalue weighted by Crippen LogP contribution is -2.28. The zero-order chi connectivity index (χ0) is 22.9. The maximum absolute atomic E-state index is 14.7. The molecule has 1 N–H and O–H groups in total. The fourth-order valence-corrected chi connectivity index (χ4v) is 4.62. The van der Waals surface area contributed by atoms with Crippen molar-refractivity contribution in [3.63, 3.8) is 0 Å². The molecule has 0 aliphatic heterocycles. The summed E-state index contributed by atoms with van der Waals surface area (Å²) in [5.74, 6) is -0.689. The number of anilines is 1. The SMILES string of the molecule is CN(C(=O)CSc1nc2c([nH]c3ccccc32)c(=O)n1-c1ccccc1F)c1ccccc1. The van der Waals surface area contributed by atoms with E-state index in [1.165, 1.54) is 16.7 Å². The van der Waals surface area contributed by atoms with Crippen LogP contribution < -0.4 is 10.5 Å². The number of hydrogen-bond acceptors (Lipinski definition) is 4. The molecule has 2 aromatic heterocycles. The van der Waals surface area contributed by atoms with E-state index in [1.807, 2.05) is 54.6 Å². The second kappa shape index (κ2) is 8.55. The van der Waals surface area contributed by atoms with Gasteiger partial charge >= 0.3 is 0 Å². The summed E-state index contributed by atoms with van der Waals surface area (Å²) >= 11 is 1.10. The van der Waals surface area contributed by atoms with Gasteiger partial charge in [-0.2, -0.15) is 0 Å². The van der Waals surface area contributed by atoms with Crippen LogP contribution in [0.1, 0.15) is 0 Å². The van der Waals surface area contributed by atoms with Gasteiger partial charge in [-0.25, -0.2) is 9.37 Å². The number of nitrogens with one attached hydrogen (secondary N) is 1. The highest BCUT2D eigenvalue weighted by atomic mass is 32.2. The zero-order valence-electron chi connectivity index (χ0n) is 17.7. The van der Waals surface area contributed by atoms with Gasteiger partial charge in [0.2, 0.25) is 5.91 Å². The van der Waals surface area contributed by atoms with Crippen LogP contribution in [0.2, 0.25) is 0 Å². The van der Waals surface area contributed by atoms with Crippen LogP contribution in [0.4, 0.5) is 10.1 Å². The maximum atomic E-state index is 14.7. The highest BCUT2D eigenvalue weighted by Crippen LogP contribution is 2.27. The Hall–Kier alpha value is -3.91. The van der Waals surface area contributed by atoms with Crippen molar-refractivity contribution in [2.24, 2.45) is 0 Å². The first-order valence-electron chi connectivity index (χ1n) is 10.3. The Morgan fingerprint density at radius 2 is 1.73 bits per heavy atom. The van der Waals surface area contributed by atoms with Crippen LogP contribution in [0.5, 0.6) is 0 Å². The van der Waals surface area contributed by atoms with Gasteiger partial charge in [-0.1, -0.05) is 60.3 Å². The van der Waals surface area contributed by atoms with E-state index in [4.69, 9.17) is 4.98 Å². The zero-order valence-corrected chi connectivity index (χ0v) is 18.5. The molecule has 164 valence electrons. The molecule has 2 heterocycles. The number of halogens is 1. The second-order valence-corrected chi connectivity index (χ2v) is 8.40. The molecule has 0 atom stereocenters. The highest BCUT2D eigenvalue weighted by molar-refractivity contribution is 7.99. The van der Waals surface area contributed by atoms with Crippen molar-refractivity contribution in [3.8, 4) is 5.69 Å². The minimum absolute atomic E-state index is 0.0279. The van der Waals surface area contributed by atoms with E-state index in [1.54, 1.807) is 24.1 Å². The lowest BCUT2D eigenvalue weighted by Gasteiger charge is -2.18. The van der Waals surface area contributed by atoms with Gasteiger partial charge in [0.1, 0.15) is 16.9 Å². The van der Waals surface area contributed by atoms with E-state index in [2.05, 4.69) is 4.98 Å². The first-order chi connectivity index (χ1) is 16.0. The molecule has 0 aliphatic carbocycles. The normalized spacial score (nSPS) is 11.2. The van der Waals surface area contributed by atoms with Gasteiger partial charge in [-0.15, -0.1) is 0 Å². The van der Waals surface area contributed by atoms with E-state index in [0.717, 1.165) is 28.4 Å². The summed E-state index contributed by atoms with van der Waals surface area (Å²) in [5.41, 5.74) is 1.97. The molecule has 0 fully saturated rings. The largest absolute Gasteiger partial charge is 0.349 e. The van der Waals surface area contributed by atoms with Gasteiger partial charge in [0, 0.05) is 23.6 Å². The molecule has 8 heteroatoms. The quantitative estimate of drug-likeness (QED) is 0.305. The Labute approximate surface area is 192 Å². The summed E-state index contributed by atoms with van der Waals surface area (Å²) in [4.78, 5) is 35.7. The summed E-state index contributed by atoms with van der Waals surface area (Å²) in [7, 11) is 1.69. The first kappa shape index (κ1) is 21.0. The topological polar surface area (TPSA) is 71.0 Å². The number of carbonyl (C=O) groups is 1. The van der Waals surface area contributed by atoms with Crippen LogP contribution in [-0.2, 0) is 4.79 Å². The molecular weight excluding hydrogens is 439 g/mol. The summed E-state index contributed by atoms with van der Waals surface area (Å²) in [6, 6.07) is 22.8. The summed E-state index contributed by atoms with van der Waals surface area (Å²) in [6.45, 7) is 0. The number of rotatable bonds is 5. The van der Waals surface area contributed by atoms with Crippen molar-refractivity contribution in [1.29, 1.82) is 0 Å². The third kappa shape index (κ3) is 3.78. The lowest BCUT2D eigenvalue weighted by molar-refractivity contribution is -0.115. The van der Waals surface area contributed by atoms with Crippen LogP contribution >= 0.6 is 11.8 Å². The number of thioether (sulfide) groups is 1. The van der Waals surface area contributed by atoms with E-state index < -0.39 is 11.4 Å². The van der Waals surface area contributed by atoms with Crippen LogP contribution in [0.15, 0.2) is 88.8 Å². The molecule has 0 unspecified atom stereocenters. The molecule has 33 heavy (non-hydrogen) atoms. The molecule has 5 rings (SSSR count). The maximum Gasteiger partial charge on any atom is 0.283 e. The number of carbonyl (C=O) groups excluding carboxylic acids is 1. The van der Waals surface area contributed by atoms with Gasteiger partial charge in [0.25, 0.3) is 5.56 Å². The predicted octanol–water partition coefficient (Wildman–Crippen LogP) is 4.76. The number of benzene rings is 3. The second-order valence-electron chi connectivity index (χ2n) is 7.46. The van der Waals surface area contributed by atoms with Crippen molar-refractivity contribution in [1.82, 2.24) is 14.5 Å². The third-order valence-corrected chi connectivity index (χ3v) is 6.35. The van der Waals surface area contributed by atoms with Crippen LogP contribution in [-0.4, -0.2) is 33.2 Å². The number of H-pyrrole nitrogens is 1. The fraction of sp³-hybridized carbons (Fsp3) is 0.0800. The molecule has 0 saturated heterocycles. The number of fused-ring (bicyclic) bond motifs is 3. The summed E-state index contributed by atoms with van der Waals surface area (Å²) in [5, 5.41) is 1.04. The van der Waals surface area contributed by atoms with Crippen LogP contribution in [0, 0.1) is 5.82 Å². The monoisotopic (exact) mass is 458 g/mol. The average Bonchev–Trinajstić information content (AvgIpc) is 3.22. The minimum atomic E-state index is -0.550. The number of aromatic nitrogens is 3. The Morgan fingerprint density at radius 1 is 1.03 bits per heavy atom. The summed E-state index contributed by atoms with van der Waals surface area (Å²) < 4.78 is 15.9. The van der Waals surface area contributed by atoms with Crippen LogP contribution in [0.25, 0.3) is 27.6 Å². The van der Waals surface area contributed by atoms with Crippen molar-refractivity contribution < 1.29 is 9.18 Å². The molecule has 6 nitrogen and oxygen atoms in total. The lowest BCUT2D eigenvalue weighted by atomic mass is 10.2. The minimum Gasteiger partial charge on any atom is -0.349 e. The smallest absolute Gasteiger partial charge is 0.283 e. The standard InChI is InChI=1S/C25H19FN4O2S/c1-29(16-9-3-2-4-10-16)21(31)15-33-25-28-22-17-11-5-7-13-19(17)27-23(22)24(32)30(25)20-14-8-6-12-18(20)26/h2-14,27H,15H2,1H3. The molecule has 0 aliphatic rings. The van der Waals surface area contributed by atoms with E-state index >= 15 is 0 Å². The molecule has 3 aromatic carbocycles. The highest BCUT2D eigenvalue weighted by Gasteiger charge is 2.20. The molecular formula is C25H19FN4O2S. The number of aromatic amines is 1. The van der Waals surface area contributed by atoms with Gasteiger partial charge < -0.3 is 9.88 Å². The Morgan fingerprint density at radius 3 is 2.52 bits per heavy atom. The van der Waals surface area contributed by atoms with Gasteiger partial charge in [0.05, 0.1) is 11.4 Å². The Bertz CT molecular complexity index is 1550. The fourth-order valence-electron chi connectivity index (χ4n) is 3.70. The molecule has 0 radical (unpaired) electrons. The van der Waals surface area contributed by atoms with Gasteiger partial charge in [-0.05, 0) is 30.3 Å². The Kier molecular flexibility index (Phi) is 5.43. The Balaban J connectivity index is 1.61. The average molecular weight is 459 g/mol. The third-order valence-electron chi connectivity index (χ3n) is 5.43. The van der Waals surface area contributed by atoms with Crippen molar-refractivity contribution >= 4 is 45.3 Å². The van der Waals surface area contributed by atoms with Crippen molar-refractivity contribution in [2.75, 3.05) is 17.7 Å². The molecule has 5 aromatic rings. The first-order valence-corrected chi connectivity index (χ1v) is 11.3. The number of para-hydroxylation sites is 3. The number of nitrogens with zero attached hydrogens (tertiary/aromatic N) is 3.